The fourth-order valence-electron chi connectivity index (χ4n) is 1.98. The van der Waals surface area contributed by atoms with E-state index in [1.807, 2.05) is 24.1 Å². The number of hydrogen-bond donors (Lipinski definition) is 4. The van der Waals surface area contributed by atoms with Crippen LogP contribution in [0.4, 0.5) is 5.69 Å². The van der Waals surface area contributed by atoms with Crippen LogP contribution in [0.3, 0.4) is 0 Å². The Balaban J connectivity index is 2.02. The van der Waals surface area contributed by atoms with E-state index in [4.69, 9.17) is 5.11 Å². The molecule has 8 heteroatoms. The fourth-order valence-corrected chi connectivity index (χ4v) is 1.98. The van der Waals surface area contributed by atoms with Gasteiger partial charge >= 0.3 is 5.69 Å². The first-order valence-electron chi connectivity index (χ1n) is 6.88. The number of likely N-dealkylation sites (N-methyl/N-ethyl adjacent to an activating group) is 1. The summed E-state index contributed by atoms with van der Waals surface area (Å²) in [6, 6.07) is 6.62. The highest BCUT2D eigenvalue weighted by atomic mass is 16.3. The Morgan fingerprint density at radius 3 is 2.64 bits per heavy atom. The van der Waals surface area contributed by atoms with Crippen molar-refractivity contribution in [3.05, 3.63) is 46.1 Å². The Morgan fingerprint density at radius 1 is 1.41 bits per heavy atom. The molecule has 0 spiro atoms. The number of hydrogen-bond acceptors (Lipinski definition) is 5. The molecule has 0 saturated carbocycles. The van der Waals surface area contributed by atoms with Crippen LogP contribution < -0.4 is 15.9 Å². The Bertz CT molecular complexity index is 676. The third-order valence-corrected chi connectivity index (χ3v) is 3.28. The molecule has 0 fully saturated rings. The number of benzene rings is 1. The molecule has 118 valence electrons. The van der Waals surface area contributed by atoms with Crippen molar-refractivity contribution in [3.8, 4) is 0 Å². The zero-order chi connectivity index (χ0) is 16.1. The summed E-state index contributed by atoms with van der Waals surface area (Å²) in [6.07, 6.45) is 0. The maximum absolute atomic E-state index is 12.1. The van der Waals surface area contributed by atoms with E-state index in [-0.39, 0.29) is 12.5 Å². The van der Waals surface area contributed by atoms with Crippen molar-refractivity contribution in [2.24, 2.45) is 0 Å². The summed E-state index contributed by atoms with van der Waals surface area (Å²) >= 11 is 0. The van der Waals surface area contributed by atoms with Crippen molar-refractivity contribution in [2.75, 3.05) is 25.1 Å². The molecule has 0 unspecified atom stereocenters. The van der Waals surface area contributed by atoms with Crippen LogP contribution in [-0.4, -0.2) is 46.4 Å². The van der Waals surface area contributed by atoms with E-state index in [9.17, 15) is 9.59 Å². The molecule has 1 amide bonds. The minimum atomic E-state index is -0.414. The van der Waals surface area contributed by atoms with Crippen LogP contribution in [0.25, 0.3) is 0 Å². The van der Waals surface area contributed by atoms with Crippen LogP contribution in [0.5, 0.6) is 0 Å². The molecule has 0 aliphatic rings. The number of aliphatic hydroxyl groups excluding tert-OH is 1. The minimum absolute atomic E-state index is 0.0676. The highest BCUT2D eigenvalue weighted by molar-refractivity contribution is 5.94. The Morgan fingerprint density at radius 2 is 2.09 bits per heavy atom. The average molecular weight is 305 g/mol. The molecule has 1 aromatic carbocycles. The zero-order valence-corrected chi connectivity index (χ0v) is 12.5. The van der Waals surface area contributed by atoms with Gasteiger partial charge in [0.05, 0.1) is 12.6 Å². The van der Waals surface area contributed by atoms with E-state index in [0.717, 1.165) is 5.69 Å². The lowest BCUT2D eigenvalue weighted by Crippen LogP contribution is -2.27. The summed E-state index contributed by atoms with van der Waals surface area (Å²) in [5, 5.41) is 17.7. The van der Waals surface area contributed by atoms with Crippen molar-refractivity contribution in [1.82, 2.24) is 20.5 Å². The second-order valence-corrected chi connectivity index (χ2v) is 4.95. The maximum atomic E-state index is 12.1. The molecule has 1 atom stereocenters. The summed E-state index contributed by atoms with van der Waals surface area (Å²) in [5.74, 6) is 0.116. The number of carbonyl (C=O) groups excluding carboxylic acids is 1. The van der Waals surface area contributed by atoms with Crippen molar-refractivity contribution >= 4 is 11.6 Å². The van der Waals surface area contributed by atoms with Crippen molar-refractivity contribution < 1.29 is 9.90 Å². The number of H-pyrrole nitrogens is 2. The lowest BCUT2D eigenvalue weighted by Gasteiger charge is -2.18. The molecule has 2 aromatic rings. The van der Waals surface area contributed by atoms with Gasteiger partial charge in [-0.05, 0) is 31.2 Å². The first kappa shape index (κ1) is 15.8. The summed E-state index contributed by atoms with van der Waals surface area (Å²) < 4.78 is 0. The number of nitrogens with zero attached hydrogens (tertiary/aromatic N) is 2. The van der Waals surface area contributed by atoms with Crippen LogP contribution in [0, 0.1) is 0 Å². The molecule has 0 saturated heterocycles. The van der Waals surface area contributed by atoms with Crippen molar-refractivity contribution in [1.29, 1.82) is 0 Å². The predicted molar refractivity (Wildman–Crippen MR) is 81.9 cm³/mol. The second-order valence-electron chi connectivity index (χ2n) is 4.95. The average Bonchev–Trinajstić information content (AvgIpc) is 2.94. The van der Waals surface area contributed by atoms with Gasteiger partial charge in [-0.25, -0.2) is 9.89 Å². The molecule has 1 heterocycles. The van der Waals surface area contributed by atoms with Gasteiger partial charge in [-0.2, -0.15) is 5.10 Å². The van der Waals surface area contributed by atoms with Crippen LogP contribution in [0.1, 0.15) is 29.1 Å². The highest BCUT2D eigenvalue weighted by Crippen LogP contribution is 2.14. The Kier molecular flexibility index (Phi) is 4.95. The first-order valence-corrected chi connectivity index (χ1v) is 6.88. The normalized spacial score (nSPS) is 12.0. The fraction of sp³-hybridized carbons (Fsp3) is 0.357. The standard InChI is InChI=1S/C14H19N5O3/c1-9(12-16-14(22)18-17-12)15-13(21)10-3-5-11(6-4-10)19(2)7-8-20/h3-6,9,20H,7-8H2,1-2H3,(H,15,21)(H2,16,17,18,22)/t9-/m1/s1. The van der Waals surface area contributed by atoms with E-state index < -0.39 is 11.7 Å². The van der Waals surface area contributed by atoms with Gasteiger partial charge < -0.3 is 15.3 Å². The minimum Gasteiger partial charge on any atom is -0.395 e. The molecule has 0 aliphatic heterocycles. The lowest BCUT2D eigenvalue weighted by atomic mass is 10.1. The molecule has 0 aliphatic carbocycles. The van der Waals surface area contributed by atoms with Crippen LogP contribution in [-0.2, 0) is 0 Å². The predicted octanol–water partition coefficient (Wildman–Crippen LogP) is 0.0175. The van der Waals surface area contributed by atoms with E-state index in [1.165, 1.54) is 0 Å². The maximum Gasteiger partial charge on any atom is 0.340 e. The molecule has 8 nitrogen and oxygen atoms in total. The number of amides is 1. The van der Waals surface area contributed by atoms with E-state index in [2.05, 4.69) is 20.5 Å². The van der Waals surface area contributed by atoms with Crippen LogP contribution >= 0.6 is 0 Å². The zero-order valence-electron chi connectivity index (χ0n) is 12.5. The Hall–Kier alpha value is -2.61. The van der Waals surface area contributed by atoms with Gasteiger partial charge in [-0.3, -0.25) is 9.78 Å². The largest absolute Gasteiger partial charge is 0.395 e. The smallest absolute Gasteiger partial charge is 0.340 e. The summed E-state index contributed by atoms with van der Waals surface area (Å²) in [5.41, 5.74) is 1.01. The number of aromatic amines is 2. The summed E-state index contributed by atoms with van der Waals surface area (Å²) in [4.78, 5) is 27.5. The third kappa shape index (κ3) is 3.73. The SMILES string of the molecule is C[C@@H](NC(=O)c1ccc(N(C)CCO)cc1)c1n[nH]c(=O)[nH]1. The van der Waals surface area contributed by atoms with Crippen molar-refractivity contribution in [3.63, 3.8) is 0 Å². The number of anilines is 1. The number of rotatable bonds is 6. The molecular formula is C14H19N5O3. The molecule has 2 rings (SSSR count). The summed E-state index contributed by atoms with van der Waals surface area (Å²) in [7, 11) is 1.86. The highest BCUT2D eigenvalue weighted by Gasteiger charge is 2.14. The van der Waals surface area contributed by atoms with Gasteiger partial charge in [0.15, 0.2) is 5.82 Å². The van der Waals surface area contributed by atoms with Crippen molar-refractivity contribution in [2.45, 2.75) is 13.0 Å². The quantitative estimate of drug-likeness (QED) is 0.600. The molecule has 22 heavy (non-hydrogen) atoms. The molecular weight excluding hydrogens is 286 g/mol. The third-order valence-electron chi connectivity index (χ3n) is 3.28. The van der Waals surface area contributed by atoms with E-state index in [0.29, 0.717) is 17.9 Å². The molecule has 1 aromatic heterocycles. The molecule has 4 N–H and O–H groups in total. The van der Waals surface area contributed by atoms with Gasteiger partial charge in [0, 0.05) is 24.8 Å². The van der Waals surface area contributed by atoms with E-state index in [1.54, 1.807) is 19.1 Å². The number of carbonyl (C=O) groups is 1. The van der Waals surface area contributed by atoms with Gasteiger partial charge in [0.1, 0.15) is 0 Å². The van der Waals surface area contributed by atoms with Crippen LogP contribution in [0.15, 0.2) is 29.1 Å². The van der Waals surface area contributed by atoms with Gasteiger partial charge in [-0.1, -0.05) is 0 Å². The topological polar surface area (TPSA) is 114 Å². The summed E-state index contributed by atoms with van der Waals surface area (Å²) in [6.45, 7) is 2.32. The second kappa shape index (κ2) is 6.90. The number of aliphatic hydroxyl groups is 1. The lowest BCUT2D eigenvalue weighted by molar-refractivity contribution is 0.0938. The monoisotopic (exact) mass is 305 g/mol. The molecule has 0 radical (unpaired) electrons. The van der Waals surface area contributed by atoms with Gasteiger partial charge in [-0.15, -0.1) is 0 Å². The van der Waals surface area contributed by atoms with Gasteiger partial charge in [0.2, 0.25) is 0 Å². The number of nitrogens with one attached hydrogen (secondary N) is 3. The first-order chi connectivity index (χ1) is 10.5. The number of aromatic nitrogens is 3. The molecule has 0 bridgehead atoms. The van der Waals surface area contributed by atoms with Gasteiger partial charge in [0.25, 0.3) is 5.91 Å². The van der Waals surface area contributed by atoms with Crippen LogP contribution in [0.2, 0.25) is 0 Å². The Labute approximate surface area is 127 Å². The van der Waals surface area contributed by atoms with E-state index >= 15 is 0 Å².